The second-order valence-corrected chi connectivity index (χ2v) is 5.66. The summed E-state index contributed by atoms with van der Waals surface area (Å²) in [6, 6.07) is 6.11. The molecule has 0 bridgehead atoms. The van der Waals surface area contributed by atoms with E-state index in [1.54, 1.807) is 7.11 Å². The maximum absolute atomic E-state index is 5.22. The third kappa shape index (κ3) is 3.89. The van der Waals surface area contributed by atoms with Crippen molar-refractivity contribution in [2.45, 2.75) is 19.4 Å². The van der Waals surface area contributed by atoms with E-state index in [0.717, 1.165) is 16.8 Å². The third-order valence-corrected chi connectivity index (χ3v) is 3.51. The fourth-order valence-electron chi connectivity index (χ4n) is 1.66. The highest BCUT2D eigenvalue weighted by Gasteiger charge is 2.18. The van der Waals surface area contributed by atoms with Crippen molar-refractivity contribution in [3.8, 4) is 5.75 Å². The minimum Gasteiger partial charge on any atom is -0.496 e. The van der Waals surface area contributed by atoms with Crippen LogP contribution >= 0.6 is 15.9 Å². The summed E-state index contributed by atoms with van der Waals surface area (Å²) in [6.07, 6.45) is 0. The van der Waals surface area contributed by atoms with Crippen LogP contribution in [0.2, 0.25) is 0 Å². The summed E-state index contributed by atoms with van der Waals surface area (Å²) in [4.78, 5) is 2.22. The number of rotatable bonds is 5. The molecule has 0 saturated carbocycles. The topological polar surface area (TPSA) is 24.5 Å². The molecule has 0 spiro atoms. The van der Waals surface area contributed by atoms with Crippen LogP contribution in [0.25, 0.3) is 0 Å². The fraction of sp³-hybridized carbons (Fsp3) is 0.538. The average Bonchev–Trinajstić information content (AvgIpc) is 2.28. The number of nitrogens with zero attached hydrogens (tertiary/aromatic N) is 1. The molecule has 96 valence electrons. The zero-order valence-corrected chi connectivity index (χ0v) is 12.8. The number of hydrogen-bond donors (Lipinski definition) is 1. The van der Waals surface area contributed by atoms with Gasteiger partial charge in [-0.3, -0.25) is 0 Å². The minimum absolute atomic E-state index is 0.0845. The van der Waals surface area contributed by atoms with Crippen molar-refractivity contribution in [1.82, 2.24) is 5.32 Å². The normalized spacial score (nSPS) is 11.4. The van der Waals surface area contributed by atoms with E-state index in [0.29, 0.717) is 0 Å². The van der Waals surface area contributed by atoms with Crippen molar-refractivity contribution in [3.05, 3.63) is 22.7 Å². The Morgan fingerprint density at radius 2 is 2.06 bits per heavy atom. The molecule has 0 heterocycles. The van der Waals surface area contributed by atoms with Gasteiger partial charge in [0.05, 0.1) is 11.6 Å². The van der Waals surface area contributed by atoms with Gasteiger partial charge in [-0.05, 0) is 55.0 Å². The number of ether oxygens (including phenoxy) is 1. The molecule has 0 radical (unpaired) electrons. The Morgan fingerprint density at radius 3 is 2.53 bits per heavy atom. The predicted octanol–water partition coefficient (Wildman–Crippen LogP) is 2.89. The fourth-order valence-corrected chi connectivity index (χ4v) is 2.18. The Labute approximate surface area is 112 Å². The smallest absolute Gasteiger partial charge is 0.133 e. The maximum atomic E-state index is 5.22. The molecular formula is C13H21BrN2O. The van der Waals surface area contributed by atoms with Crippen molar-refractivity contribution in [2.75, 3.05) is 32.6 Å². The van der Waals surface area contributed by atoms with Crippen LogP contribution in [0.5, 0.6) is 5.75 Å². The number of likely N-dealkylation sites (N-methyl/N-ethyl adjacent to an activating group) is 2. The Hall–Kier alpha value is -0.740. The third-order valence-electron chi connectivity index (χ3n) is 2.89. The van der Waals surface area contributed by atoms with E-state index in [2.05, 4.69) is 59.2 Å². The quantitative estimate of drug-likeness (QED) is 0.905. The van der Waals surface area contributed by atoms with Gasteiger partial charge in [0.1, 0.15) is 5.75 Å². The van der Waals surface area contributed by atoms with Crippen molar-refractivity contribution >= 4 is 21.6 Å². The summed E-state index contributed by atoms with van der Waals surface area (Å²) in [5.41, 5.74) is 1.25. The lowest BCUT2D eigenvalue weighted by Crippen LogP contribution is -2.46. The molecule has 4 heteroatoms. The molecule has 0 amide bonds. The maximum Gasteiger partial charge on any atom is 0.133 e. The highest BCUT2D eigenvalue weighted by molar-refractivity contribution is 9.10. The summed E-state index contributed by atoms with van der Waals surface area (Å²) in [5, 5.41) is 3.30. The Bertz CT molecular complexity index is 380. The van der Waals surface area contributed by atoms with Gasteiger partial charge in [-0.1, -0.05) is 0 Å². The van der Waals surface area contributed by atoms with Crippen LogP contribution < -0.4 is 15.0 Å². The molecule has 1 aromatic rings. The molecule has 0 fully saturated rings. The molecule has 1 N–H and O–H groups in total. The molecule has 1 aromatic carbocycles. The first-order valence-electron chi connectivity index (χ1n) is 5.63. The van der Waals surface area contributed by atoms with Gasteiger partial charge < -0.3 is 15.0 Å². The molecule has 17 heavy (non-hydrogen) atoms. The zero-order chi connectivity index (χ0) is 13.1. The summed E-state index contributed by atoms with van der Waals surface area (Å²) in [5.74, 6) is 0.857. The van der Waals surface area contributed by atoms with Crippen molar-refractivity contribution < 1.29 is 4.74 Å². The molecule has 0 atom stereocenters. The number of anilines is 1. The predicted molar refractivity (Wildman–Crippen MR) is 77.1 cm³/mol. The summed E-state index contributed by atoms with van der Waals surface area (Å²) < 4.78 is 6.20. The van der Waals surface area contributed by atoms with Gasteiger partial charge in [0.25, 0.3) is 0 Å². The Morgan fingerprint density at radius 1 is 1.41 bits per heavy atom. The molecule has 0 unspecified atom stereocenters. The highest BCUT2D eigenvalue weighted by Crippen LogP contribution is 2.29. The molecular weight excluding hydrogens is 280 g/mol. The molecule has 0 aliphatic heterocycles. The monoisotopic (exact) mass is 300 g/mol. The Balaban J connectivity index is 2.83. The van der Waals surface area contributed by atoms with Gasteiger partial charge in [0.2, 0.25) is 0 Å². The second-order valence-electron chi connectivity index (χ2n) is 4.81. The first-order valence-corrected chi connectivity index (χ1v) is 6.42. The lowest BCUT2D eigenvalue weighted by atomic mass is 10.1. The second kappa shape index (κ2) is 5.74. The highest BCUT2D eigenvalue weighted by atomic mass is 79.9. The van der Waals surface area contributed by atoms with Crippen LogP contribution in [-0.2, 0) is 0 Å². The molecule has 0 saturated heterocycles. The number of halogens is 1. The van der Waals surface area contributed by atoms with Gasteiger partial charge in [0, 0.05) is 24.8 Å². The van der Waals surface area contributed by atoms with E-state index < -0.39 is 0 Å². The van der Waals surface area contributed by atoms with Crippen LogP contribution in [0.15, 0.2) is 22.7 Å². The van der Waals surface area contributed by atoms with Gasteiger partial charge in [-0.2, -0.15) is 0 Å². The van der Waals surface area contributed by atoms with E-state index in [4.69, 9.17) is 4.74 Å². The van der Waals surface area contributed by atoms with Crippen LogP contribution in [0, 0.1) is 0 Å². The largest absolute Gasteiger partial charge is 0.496 e. The lowest BCUT2D eigenvalue weighted by Gasteiger charge is -2.31. The average molecular weight is 301 g/mol. The number of methoxy groups -OCH3 is 1. The number of nitrogens with one attached hydrogen (secondary N) is 1. The van der Waals surface area contributed by atoms with Crippen molar-refractivity contribution in [3.63, 3.8) is 0 Å². The summed E-state index contributed by atoms with van der Waals surface area (Å²) in [6.45, 7) is 5.30. The van der Waals surface area contributed by atoms with Gasteiger partial charge in [-0.15, -0.1) is 0 Å². The molecule has 0 aliphatic carbocycles. The van der Waals surface area contributed by atoms with E-state index in [1.165, 1.54) is 5.69 Å². The molecule has 0 aromatic heterocycles. The van der Waals surface area contributed by atoms with Crippen LogP contribution in [0.1, 0.15) is 13.8 Å². The SMILES string of the molecule is CNC(C)(C)CN(C)c1ccc(OC)c(Br)c1. The lowest BCUT2D eigenvalue weighted by molar-refractivity contribution is 0.411. The minimum atomic E-state index is 0.0845. The van der Waals surface area contributed by atoms with E-state index in [1.807, 2.05) is 13.1 Å². The number of hydrogen-bond acceptors (Lipinski definition) is 3. The van der Waals surface area contributed by atoms with Gasteiger partial charge in [-0.25, -0.2) is 0 Å². The Kier molecular flexibility index (Phi) is 4.83. The van der Waals surface area contributed by atoms with Gasteiger partial charge >= 0.3 is 0 Å². The van der Waals surface area contributed by atoms with Crippen LogP contribution in [0.4, 0.5) is 5.69 Å². The number of benzene rings is 1. The standard InChI is InChI=1S/C13H21BrN2O/c1-13(2,15-3)9-16(4)10-6-7-12(17-5)11(14)8-10/h6-8,15H,9H2,1-5H3. The molecule has 1 rings (SSSR count). The van der Waals surface area contributed by atoms with Crippen molar-refractivity contribution in [1.29, 1.82) is 0 Å². The van der Waals surface area contributed by atoms with Crippen molar-refractivity contribution in [2.24, 2.45) is 0 Å². The summed E-state index contributed by atoms with van der Waals surface area (Å²) in [7, 11) is 5.75. The molecule has 0 aliphatic rings. The zero-order valence-electron chi connectivity index (χ0n) is 11.2. The van der Waals surface area contributed by atoms with E-state index in [-0.39, 0.29) is 5.54 Å². The van der Waals surface area contributed by atoms with Gasteiger partial charge in [0.15, 0.2) is 0 Å². The summed E-state index contributed by atoms with van der Waals surface area (Å²) >= 11 is 3.51. The van der Waals surface area contributed by atoms with Crippen LogP contribution in [0.3, 0.4) is 0 Å². The van der Waals surface area contributed by atoms with E-state index in [9.17, 15) is 0 Å². The first kappa shape index (κ1) is 14.3. The van der Waals surface area contributed by atoms with Crippen LogP contribution in [-0.4, -0.2) is 33.3 Å². The first-order chi connectivity index (χ1) is 7.89. The van der Waals surface area contributed by atoms with E-state index >= 15 is 0 Å². The molecule has 3 nitrogen and oxygen atoms in total.